The zero-order chi connectivity index (χ0) is 22.8. The molecule has 0 fully saturated rings. The first kappa shape index (κ1) is 21.7. The molecule has 0 atom stereocenters. The molecule has 32 heavy (non-hydrogen) atoms. The van der Waals surface area contributed by atoms with Gasteiger partial charge in [0.15, 0.2) is 12.3 Å². The third kappa shape index (κ3) is 4.01. The normalized spacial score (nSPS) is 12.9. The van der Waals surface area contributed by atoms with Crippen molar-refractivity contribution < 1.29 is 14.3 Å². The van der Waals surface area contributed by atoms with E-state index in [1.807, 2.05) is 0 Å². The first-order valence-corrected chi connectivity index (χ1v) is 11.3. The largest absolute Gasteiger partial charge is 0.451 e. The Morgan fingerprint density at radius 2 is 1.97 bits per heavy atom. The number of carbonyl (C=O) groups is 2. The van der Waals surface area contributed by atoms with Gasteiger partial charge in [-0.1, -0.05) is 18.2 Å². The molecule has 1 aliphatic carbocycles. The van der Waals surface area contributed by atoms with Gasteiger partial charge in [0.2, 0.25) is 0 Å². The lowest BCUT2D eigenvalue weighted by Crippen LogP contribution is -2.28. The second kappa shape index (κ2) is 8.93. The van der Waals surface area contributed by atoms with E-state index in [0.717, 1.165) is 36.1 Å². The van der Waals surface area contributed by atoms with Gasteiger partial charge in [-0.15, -0.1) is 11.3 Å². The van der Waals surface area contributed by atoms with Crippen LogP contribution in [0.25, 0.3) is 10.8 Å². The number of anilines is 1. The first-order chi connectivity index (χ1) is 15.4. The minimum absolute atomic E-state index is 0.0222. The van der Waals surface area contributed by atoms with Crippen LogP contribution in [0, 0.1) is 11.3 Å². The van der Waals surface area contributed by atoms with E-state index in [1.54, 1.807) is 38.1 Å². The van der Waals surface area contributed by atoms with Crippen LogP contribution in [0.5, 0.6) is 0 Å². The summed E-state index contributed by atoms with van der Waals surface area (Å²) in [7, 11) is 0. The summed E-state index contributed by atoms with van der Waals surface area (Å²) in [5, 5.41) is 17.6. The van der Waals surface area contributed by atoms with E-state index in [0.29, 0.717) is 21.3 Å². The molecular weight excluding hydrogens is 428 g/mol. The number of benzene rings is 1. The van der Waals surface area contributed by atoms with Crippen LogP contribution in [-0.2, 0) is 22.4 Å². The number of rotatable bonds is 5. The van der Waals surface area contributed by atoms with Gasteiger partial charge < -0.3 is 10.1 Å². The van der Waals surface area contributed by atoms with Gasteiger partial charge >= 0.3 is 5.97 Å². The Kier molecular flexibility index (Phi) is 6.06. The highest BCUT2D eigenvalue weighted by atomic mass is 32.1. The van der Waals surface area contributed by atoms with Gasteiger partial charge in [-0.25, -0.2) is 9.48 Å². The number of fused-ring (bicyclic) bond motifs is 2. The molecule has 2 heterocycles. The molecule has 3 aromatic rings. The van der Waals surface area contributed by atoms with Crippen molar-refractivity contribution in [2.75, 3.05) is 11.9 Å². The maximum atomic E-state index is 12.8. The average Bonchev–Trinajstić information content (AvgIpc) is 3.14. The number of thiophene rings is 1. The molecule has 0 radical (unpaired) electrons. The van der Waals surface area contributed by atoms with E-state index in [4.69, 9.17) is 4.74 Å². The Balaban J connectivity index is 1.52. The first-order valence-electron chi connectivity index (χ1n) is 10.4. The summed E-state index contributed by atoms with van der Waals surface area (Å²) in [5.41, 5.74) is 1.20. The summed E-state index contributed by atoms with van der Waals surface area (Å²) in [6, 6.07) is 8.60. The SMILES string of the molecule is CC(C)n1nc(C(=O)OCC(=O)Nc2sc3c(c2C#N)CCCC3)c2ccccc2c1=O. The highest BCUT2D eigenvalue weighted by Gasteiger charge is 2.23. The molecule has 4 rings (SSSR count). The number of carbonyl (C=O) groups excluding carboxylic acids is 2. The van der Waals surface area contributed by atoms with Crippen LogP contribution in [0.1, 0.15) is 59.2 Å². The molecular formula is C23H22N4O4S. The lowest BCUT2D eigenvalue weighted by Gasteiger charge is -2.13. The van der Waals surface area contributed by atoms with Gasteiger partial charge in [0.05, 0.1) is 17.0 Å². The molecule has 164 valence electrons. The Bertz CT molecular complexity index is 1320. The number of nitrogens with zero attached hydrogens (tertiary/aromatic N) is 3. The third-order valence-corrected chi connectivity index (χ3v) is 6.59. The second-order valence-corrected chi connectivity index (χ2v) is 8.99. The Morgan fingerprint density at radius 1 is 1.25 bits per heavy atom. The standard InChI is InChI=1S/C23H22N4O4S/c1-13(2)27-22(29)16-9-4-3-8-15(16)20(26-27)23(30)31-12-19(28)25-21-17(11-24)14-7-5-6-10-18(14)32-21/h3-4,8-9,13H,5-7,10,12H2,1-2H3,(H,25,28). The highest BCUT2D eigenvalue weighted by molar-refractivity contribution is 7.16. The molecule has 0 unspecified atom stereocenters. The van der Waals surface area contributed by atoms with Crippen LogP contribution < -0.4 is 10.9 Å². The fraction of sp³-hybridized carbons (Fsp3) is 0.348. The predicted molar refractivity (Wildman–Crippen MR) is 121 cm³/mol. The number of hydrogen-bond donors (Lipinski definition) is 1. The number of nitriles is 1. The minimum Gasteiger partial charge on any atom is -0.451 e. The Labute approximate surface area is 188 Å². The number of aromatic nitrogens is 2. The summed E-state index contributed by atoms with van der Waals surface area (Å²) in [5.74, 6) is -1.33. The summed E-state index contributed by atoms with van der Waals surface area (Å²) in [4.78, 5) is 39.0. The van der Waals surface area contributed by atoms with Gasteiger partial charge in [0.25, 0.3) is 11.5 Å². The second-order valence-electron chi connectivity index (χ2n) is 7.89. The van der Waals surface area contributed by atoms with Crippen molar-refractivity contribution in [1.82, 2.24) is 9.78 Å². The lowest BCUT2D eigenvalue weighted by molar-refractivity contribution is -0.119. The van der Waals surface area contributed by atoms with E-state index in [2.05, 4.69) is 16.5 Å². The van der Waals surface area contributed by atoms with Crippen molar-refractivity contribution in [1.29, 1.82) is 5.26 Å². The van der Waals surface area contributed by atoms with Crippen molar-refractivity contribution in [2.24, 2.45) is 0 Å². The molecule has 0 spiro atoms. The van der Waals surface area contributed by atoms with Crippen molar-refractivity contribution in [3.05, 3.63) is 56.3 Å². The van der Waals surface area contributed by atoms with Gasteiger partial charge in [-0.3, -0.25) is 9.59 Å². The van der Waals surface area contributed by atoms with Gasteiger partial charge in [0, 0.05) is 10.3 Å². The molecule has 0 aliphatic heterocycles. The number of nitrogens with one attached hydrogen (secondary N) is 1. The Hall–Kier alpha value is -3.51. The molecule has 9 heteroatoms. The number of aryl methyl sites for hydroxylation is 1. The maximum Gasteiger partial charge on any atom is 0.359 e. The summed E-state index contributed by atoms with van der Waals surface area (Å²) >= 11 is 1.41. The zero-order valence-corrected chi connectivity index (χ0v) is 18.6. The van der Waals surface area contributed by atoms with Crippen LogP contribution >= 0.6 is 11.3 Å². The molecule has 1 aromatic carbocycles. The smallest absolute Gasteiger partial charge is 0.359 e. The number of amides is 1. The quantitative estimate of drug-likeness (QED) is 0.594. The van der Waals surface area contributed by atoms with Crippen LogP contribution in [-0.4, -0.2) is 28.3 Å². The van der Waals surface area contributed by atoms with Crippen LogP contribution in [0.3, 0.4) is 0 Å². The molecule has 0 bridgehead atoms. The van der Waals surface area contributed by atoms with E-state index in [9.17, 15) is 19.6 Å². The van der Waals surface area contributed by atoms with Crippen molar-refractivity contribution >= 4 is 39.0 Å². The van der Waals surface area contributed by atoms with Crippen molar-refractivity contribution in [2.45, 2.75) is 45.6 Å². The molecule has 0 saturated heterocycles. The summed E-state index contributed by atoms with van der Waals surface area (Å²) < 4.78 is 6.44. The number of hydrogen-bond acceptors (Lipinski definition) is 7. The van der Waals surface area contributed by atoms with E-state index < -0.39 is 18.5 Å². The van der Waals surface area contributed by atoms with E-state index in [-0.39, 0.29) is 17.3 Å². The fourth-order valence-corrected chi connectivity index (χ4v) is 5.10. The van der Waals surface area contributed by atoms with Gasteiger partial charge in [-0.2, -0.15) is 10.4 Å². The number of esters is 1. The third-order valence-electron chi connectivity index (χ3n) is 5.38. The predicted octanol–water partition coefficient (Wildman–Crippen LogP) is 3.58. The van der Waals surface area contributed by atoms with Crippen molar-refractivity contribution in [3.63, 3.8) is 0 Å². The molecule has 8 nitrogen and oxygen atoms in total. The van der Waals surface area contributed by atoms with Crippen LogP contribution in [0.15, 0.2) is 29.1 Å². The number of ether oxygens (including phenoxy) is 1. The topological polar surface area (TPSA) is 114 Å². The van der Waals surface area contributed by atoms with Gasteiger partial charge in [-0.05, 0) is 51.2 Å². The lowest BCUT2D eigenvalue weighted by atomic mass is 9.96. The summed E-state index contributed by atoms with van der Waals surface area (Å²) in [6.45, 7) is 3.06. The average molecular weight is 451 g/mol. The Morgan fingerprint density at radius 3 is 2.69 bits per heavy atom. The summed E-state index contributed by atoms with van der Waals surface area (Å²) in [6.07, 6.45) is 3.85. The molecule has 1 N–H and O–H groups in total. The maximum absolute atomic E-state index is 12.8. The zero-order valence-electron chi connectivity index (χ0n) is 17.8. The molecule has 0 saturated carbocycles. The monoisotopic (exact) mass is 450 g/mol. The van der Waals surface area contributed by atoms with Crippen LogP contribution in [0.2, 0.25) is 0 Å². The van der Waals surface area contributed by atoms with Crippen molar-refractivity contribution in [3.8, 4) is 6.07 Å². The molecule has 2 aromatic heterocycles. The molecule has 1 aliphatic rings. The van der Waals surface area contributed by atoms with Crippen LogP contribution in [0.4, 0.5) is 5.00 Å². The molecule has 1 amide bonds. The van der Waals surface area contributed by atoms with E-state index >= 15 is 0 Å². The van der Waals surface area contributed by atoms with Gasteiger partial charge in [0.1, 0.15) is 11.1 Å². The van der Waals surface area contributed by atoms with E-state index in [1.165, 1.54) is 16.0 Å². The highest BCUT2D eigenvalue weighted by Crippen LogP contribution is 2.37. The minimum atomic E-state index is -0.795. The fourth-order valence-electron chi connectivity index (χ4n) is 3.84.